The Morgan fingerprint density at radius 3 is 2.38 bits per heavy atom. The van der Waals surface area contributed by atoms with E-state index in [9.17, 15) is 17.6 Å². The maximum Gasteiger partial charge on any atom is 0.418 e. The third-order valence-corrected chi connectivity index (χ3v) is 2.74. The molecule has 21 heavy (non-hydrogen) atoms. The average Bonchev–Trinajstić information content (AvgIpc) is 2.41. The second kappa shape index (κ2) is 5.32. The van der Waals surface area contributed by atoms with Crippen molar-refractivity contribution in [3.63, 3.8) is 0 Å². The Morgan fingerprint density at radius 2 is 1.81 bits per heavy atom. The molecule has 0 aliphatic heterocycles. The van der Waals surface area contributed by atoms with Crippen molar-refractivity contribution in [1.82, 2.24) is 0 Å². The largest absolute Gasteiger partial charge is 0.418 e. The van der Waals surface area contributed by atoms with Gasteiger partial charge in [0, 0.05) is 11.4 Å². The minimum Gasteiger partial charge on any atom is -0.398 e. The van der Waals surface area contributed by atoms with Crippen molar-refractivity contribution >= 4 is 17.1 Å². The molecule has 2 aromatic carbocycles. The normalized spacial score (nSPS) is 11.0. The highest BCUT2D eigenvalue weighted by atomic mass is 19.4. The molecule has 0 spiro atoms. The van der Waals surface area contributed by atoms with Crippen LogP contribution in [0.2, 0.25) is 0 Å². The summed E-state index contributed by atoms with van der Waals surface area (Å²) in [5.41, 5.74) is 3.99. The Kier molecular flexibility index (Phi) is 3.72. The number of nitrogens with one attached hydrogen (secondary N) is 1. The number of hydrogen-bond donors (Lipinski definition) is 2. The lowest BCUT2D eigenvalue weighted by molar-refractivity contribution is -0.136. The summed E-state index contributed by atoms with van der Waals surface area (Å²) >= 11 is 0. The van der Waals surface area contributed by atoms with Gasteiger partial charge in [0.2, 0.25) is 0 Å². The van der Waals surface area contributed by atoms with E-state index in [0.717, 1.165) is 18.2 Å². The van der Waals surface area contributed by atoms with E-state index in [1.54, 1.807) is 6.07 Å². The average molecular weight is 295 g/mol. The number of nitriles is 1. The van der Waals surface area contributed by atoms with Gasteiger partial charge in [0.1, 0.15) is 5.82 Å². The molecule has 0 saturated carbocycles. The standard InChI is InChI=1S/C14H9F4N3/c15-11-5-8(7-19)1-4-13(11)21-9-2-3-12(20)10(6-9)14(16,17)18/h1-6,21H,20H2. The summed E-state index contributed by atoms with van der Waals surface area (Å²) in [6, 6.07) is 8.58. The number of anilines is 3. The number of halogens is 4. The molecular weight excluding hydrogens is 286 g/mol. The zero-order chi connectivity index (χ0) is 15.6. The molecular formula is C14H9F4N3. The fourth-order valence-electron chi connectivity index (χ4n) is 1.72. The third kappa shape index (κ3) is 3.23. The first-order valence-corrected chi connectivity index (χ1v) is 5.74. The lowest BCUT2D eigenvalue weighted by Gasteiger charge is -2.13. The van der Waals surface area contributed by atoms with Crippen molar-refractivity contribution in [2.75, 3.05) is 11.1 Å². The van der Waals surface area contributed by atoms with Crippen molar-refractivity contribution < 1.29 is 17.6 Å². The van der Waals surface area contributed by atoms with Crippen LogP contribution in [0.15, 0.2) is 36.4 Å². The molecule has 0 heterocycles. The lowest BCUT2D eigenvalue weighted by atomic mass is 10.1. The van der Waals surface area contributed by atoms with Gasteiger partial charge in [-0.1, -0.05) is 0 Å². The maximum atomic E-state index is 13.7. The number of alkyl halides is 3. The maximum absolute atomic E-state index is 13.7. The second-order valence-corrected chi connectivity index (χ2v) is 4.23. The van der Waals surface area contributed by atoms with Crippen LogP contribution in [0.1, 0.15) is 11.1 Å². The summed E-state index contributed by atoms with van der Waals surface area (Å²) in [6.07, 6.45) is -4.59. The minimum atomic E-state index is -4.59. The molecule has 0 unspecified atom stereocenters. The van der Waals surface area contributed by atoms with Gasteiger partial charge in [-0.3, -0.25) is 0 Å². The van der Waals surface area contributed by atoms with Crippen LogP contribution < -0.4 is 11.1 Å². The highest BCUT2D eigenvalue weighted by molar-refractivity contribution is 5.65. The highest BCUT2D eigenvalue weighted by Gasteiger charge is 2.33. The third-order valence-electron chi connectivity index (χ3n) is 2.74. The molecule has 7 heteroatoms. The molecule has 2 aromatic rings. The fourth-order valence-corrected chi connectivity index (χ4v) is 1.72. The van der Waals surface area contributed by atoms with Crippen LogP contribution in [0.5, 0.6) is 0 Å². The van der Waals surface area contributed by atoms with Gasteiger partial charge in [-0.25, -0.2) is 4.39 Å². The van der Waals surface area contributed by atoms with E-state index in [1.807, 2.05) is 0 Å². The Hall–Kier alpha value is -2.75. The van der Waals surface area contributed by atoms with Gasteiger partial charge >= 0.3 is 6.18 Å². The van der Waals surface area contributed by atoms with Crippen molar-refractivity contribution in [2.45, 2.75) is 6.18 Å². The van der Waals surface area contributed by atoms with Gasteiger partial charge in [0.15, 0.2) is 0 Å². The first-order chi connectivity index (χ1) is 9.81. The smallest absolute Gasteiger partial charge is 0.398 e. The summed E-state index contributed by atoms with van der Waals surface area (Å²) < 4.78 is 51.9. The van der Waals surface area contributed by atoms with Crippen molar-refractivity contribution in [1.29, 1.82) is 5.26 Å². The molecule has 0 radical (unpaired) electrons. The molecule has 2 rings (SSSR count). The van der Waals surface area contributed by atoms with Crippen LogP contribution >= 0.6 is 0 Å². The van der Waals surface area contributed by atoms with E-state index in [-0.39, 0.29) is 16.9 Å². The summed E-state index contributed by atoms with van der Waals surface area (Å²) in [7, 11) is 0. The molecule has 0 aromatic heterocycles. The molecule has 0 saturated heterocycles. The van der Waals surface area contributed by atoms with Crippen molar-refractivity contribution in [3.8, 4) is 6.07 Å². The van der Waals surface area contributed by atoms with Crippen LogP contribution in [-0.4, -0.2) is 0 Å². The first kappa shape index (κ1) is 14.7. The monoisotopic (exact) mass is 295 g/mol. The fraction of sp³-hybridized carbons (Fsp3) is 0.0714. The number of nitrogens with two attached hydrogens (primary N) is 1. The molecule has 0 atom stereocenters. The summed E-state index contributed by atoms with van der Waals surface area (Å²) in [5, 5.41) is 11.1. The molecule has 0 aliphatic carbocycles. The molecule has 0 fully saturated rings. The topological polar surface area (TPSA) is 61.8 Å². The molecule has 0 bridgehead atoms. The first-order valence-electron chi connectivity index (χ1n) is 5.74. The van der Waals surface area contributed by atoms with E-state index in [2.05, 4.69) is 5.32 Å². The summed E-state index contributed by atoms with van der Waals surface area (Å²) in [4.78, 5) is 0. The van der Waals surface area contributed by atoms with Gasteiger partial charge in [-0.2, -0.15) is 18.4 Å². The van der Waals surface area contributed by atoms with Crippen LogP contribution in [0.4, 0.5) is 34.6 Å². The zero-order valence-corrected chi connectivity index (χ0v) is 10.5. The Balaban J connectivity index is 2.35. The Labute approximate surface area is 117 Å². The summed E-state index contributed by atoms with van der Waals surface area (Å²) in [6.45, 7) is 0. The number of hydrogen-bond acceptors (Lipinski definition) is 3. The number of nitrogens with zero attached hydrogens (tertiary/aromatic N) is 1. The van der Waals surface area contributed by atoms with Gasteiger partial charge in [0.25, 0.3) is 0 Å². The van der Waals surface area contributed by atoms with Gasteiger partial charge in [0.05, 0.1) is 22.9 Å². The SMILES string of the molecule is N#Cc1ccc(Nc2ccc(N)c(C(F)(F)F)c2)c(F)c1. The van der Waals surface area contributed by atoms with E-state index in [4.69, 9.17) is 11.0 Å². The second-order valence-electron chi connectivity index (χ2n) is 4.23. The van der Waals surface area contributed by atoms with Gasteiger partial charge < -0.3 is 11.1 Å². The molecule has 0 amide bonds. The van der Waals surface area contributed by atoms with Crippen molar-refractivity contribution in [2.24, 2.45) is 0 Å². The summed E-state index contributed by atoms with van der Waals surface area (Å²) in [5.74, 6) is -0.737. The van der Waals surface area contributed by atoms with E-state index in [0.29, 0.717) is 0 Å². The quantitative estimate of drug-likeness (QED) is 0.649. The van der Waals surface area contributed by atoms with Crippen LogP contribution in [0, 0.1) is 17.1 Å². The Bertz CT molecular complexity index is 717. The molecule has 3 nitrogen and oxygen atoms in total. The number of benzene rings is 2. The van der Waals surface area contributed by atoms with Crippen molar-refractivity contribution in [3.05, 3.63) is 53.3 Å². The number of rotatable bonds is 2. The van der Waals surface area contributed by atoms with E-state index in [1.165, 1.54) is 18.2 Å². The van der Waals surface area contributed by atoms with Gasteiger partial charge in [-0.05, 0) is 36.4 Å². The predicted octanol–water partition coefficient (Wildman–Crippen LogP) is 4.04. The molecule has 108 valence electrons. The molecule has 3 N–H and O–H groups in total. The minimum absolute atomic E-state index is 0.0353. The lowest BCUT2D eigenvalue weighted by Crippen LogP contribution is -2.09. The zero-order valence-electron chi connectivity index (χ0n) is 10.5. The number of nitrogen functional groups attached to an aromatic ring is 1. The van der Waals surface area contributed by atoms with Crippen LogP contribution in [0.25, 0.3) is 0 Å². The van der Waals surface area contributed by atoms with Gasteiger partial charge in [-0.15, -0.1) is 0 Å². The van der Waals surface area contributed by atoms with E-state index < -0.39 is 23.2 Å². The Morgan fingerprint density at radius 1 is 1.10 bits per heavy atom. The van der Waals surface area contributed by atoms with E-state index >= 15 is 0 Å². The van der Waals surface area contributed by atoms with Crippen LogP contribution in [0.3, 0.4) is 0 Å². The molecule has 0 aliphatic rings. The van der Waals surface area contributed by atoms with Crippen LogP contribution in [-0.2, 0) is 6.18 Å². The predicted molar refractivity (Wildman–Crippen MR) is 70.3 cm³/mol. The highest BCUT2D eigenvalue weighted by Crippen LogP contribution is 2.35.